The summed E-state index contributed by atoms with van der Waals surface area (Å²) in [5.74, 6) is 0.620. The molecule has 29 heavy (non-hydrogen) atoms. The van der Waals surface area contributed by atoms with Crippen LogP contribution >= 0.6 is 0 Å². The highest BCUT2D eigenvalue weighted by Gasteiger charge is 2.15. The molecule has 0 aliphatic rings. The van der Waals surface area contributed by atoms with Gasteiger partial charge in [0, 0.05) is 0 Å². The predicted octanol–water partition coefficient (Wildman–Crippen LogP) is 6.45. The Labute approximate surface area is 170 Å². The highest BCUT2D eigenvalue weighted by Crippen LogP contribution is 2.37. The molecule has 0 fully saturated rings. The number of benzene rings is 3. The lowest BCUT2D eigenvalue weighted by atomic mass is 9.93. The average molecular weight is 413 g/mol. The third kappa shape index (κ3) is 4.63. The molecule has 0 unspecified atom stereocenters. The third-order valence-electron chi connectivity index (χ3n) is 4.77. The molecular weight excluding hydrogens is 388 g/mol. The van der Waals surface area contributed by atoms with E-state index in [4.69, 9.17) is 0 Å². The minimum Gasteiger partial charge on any atom is -0.507 e. The molecule has 0 aliphatic heterocycles. The molecule has 0 heterocycles. The van der Waals surface area contributed by atoms with Gasteiger partial charge < -0.3 is 5.11 Å². The Balaban J connectivity index is 1.98. The second-order valence-electron chi connectivity index (χ2n) is 7.65. The molecule has 0 aromatic heterocycles. The monoisotopic (exact) mass is 412 g/mol. The van der Waals surface area contributed by atoms with Gasteiger partial charge in [0.15, 0.2) is 0 Å². The number of azo groups is 1. The molecule has 0 bridgehead atoms. The van der Waals surface area contributed by atoms with Crippen LogP contribution in [0.15, 0.2) is 63.7 Å². The standard InChI is InChI=1S/C22H24N2O4S/c1-13(2)20-11-18(12-21(14(3)4)22(20)25)24-23-17-7-5-16-10-19(29(26,27)28)8-6-15(16)9-17/h5-14,25H,1-4H3,(H,26,27,28). The minimum absolute atomic E-state index is 0.147. The van der Waals surface area contributed by atoms with Crippen LogP contribution in [0.25, 0.3) is 10.8 Å². The first kappa shape index (κ1) is 21.0. The molecule has 0 atom stereocenters. The summed E-state index contributed by atoms with van der Waals surface area (Å²) in [6.07, 6.45) is 0. The van der Waals surface area contributed by atoms with Crippen LogP contribution in [0.1, 0.15) is 50.7 Å². The zero-order valence-electron chi connectivity index (χ0n) is 16.8. The molecule has 0 aliphatic carbocycles. The van der Waals surface area contributed by atoms with Crippen LogP contribution < -0.4 is 0 Å². The van der Waals surface area contributed by atoms with Gasteiger partial charge >= 0.3 is 0 Å². The van der Waals surface area contributed by atoms with Crippen molar-refractivity contribution in [2.24, 2.45) is 10.2 Å². The Hall–Kier alpha value is -2.77. The van der Waals surface area contributed by atoms with E-state index in [1.807, 2.05) is 39.8 Å². The van der Waals surface area contributed by atoms with Crippen LogP contribution in [-0.4, -0.2) is 18.1 Å². The molecule has 0 saturated carbocycles. The average Bonchev–Trinajstić information content (AvgIpc) is 2.65. The van der Waals surface area contributed by atoms with Crippen molar-refractivity contribution in [3.8, 4) is 5.75 Å². The van der Waals surface area contributed by atoms with Gasteiger partial charge in [-0.3, -0.25) is 4.55 Å². The van der Waals surface area contributed by atoms with Crippen LogP contribution in [-0.2, 0) is 10.1 Å². The number of fused-ring (bicyclic) bond motifs is 1. The molecule has 6 nitrogen and oxygen atoms in total. The van der Waals surface area contributed by atoms with Gasteiger partial charge in [-0.05, 0) is 70.1 Å². The van der Waals surface area contributed by atoms with Crippen molar-refractivity contribution in [1.82, 2.24) is 0 Å². The fraction of sp³-hybridized carbons (Fsp3) is 0.273. The minimum atomic E-state index is -4.24. The quantitative estimate of drug-likeness (QED) is 0.371. The van der Waals surface area contributed by atoms with E-state index in [0.717, 1.165) is 16.5 Å². The van der Waals surface area contributed by atoms with Gasteiger partial charge in [-0.1, -0.05) is 39.8 Å². The number of hydrogen-bond donors (Lipinski definition) is 2. The number of phenolic OH excluding ortho intramolecular Hbond substituents is 1. The van der Waals surface area contributed by atoms with E-state index < -0.39 is 10.1 Å². The topological polar surface area (TPSA) is 99.3 Å². The molecule has 0 spiro atoms. The second-order valence-corrected chi connectivity index (χ2v) is 9.07. The van der Waals surface area contributed by atoms with E-state index in [1.54, 1.807) is 24.3 Å². The summed E-state index contributed by atoms with van der Waals surface area (Å²) in [6, 6.07) is 13.3. The van der Waals surface area contributed by atoms with Crippen LogP contribution in [0, 0.1) is 0 Å². The van der Waals surface area contributed by atoms with Gasteiger partial charge in [0.1, 0.15) is 5.75 Å². The summed E-state index contributed by atoms with van der Waals surface area (Å²) in [4.78, 5) is -0.147. The maximum atomic E-state index is 11.3. The Kier molecular flexibility index (Phi) is 5.73. The van der Waals surface area contributed by atoms with E-state index in [2.05, 4.69) is 10.2 Å². The summed E-state index contributed by atoms with van der Waals surface area (Å²) in [5, 5.41) is 20.6. The van der Waals surface area contributed by atoms with E-state index in [1.165, 1.54) is 12.1 Å². The number of aromatic hydroxyl groups is 1. The fourth-order valence-electron chi connectivity index (χ4n) is 3.15. The van der Waals surface area contributed by atoms with E-state index in [0.29, 0.717) is 22.5 Å². The van der Waals surface area contributed by atoms with Crippen molar-refractivity contribution in [3.63, 3.8) is 0 Å². The largest absolute Gasteiger partial charge is 0.507 e. The van der Waals surface area contributed by atoms with Crippen LogP contribution in [0.2, 0.25) is 0 Å². The van der Waals surface area contributed by atoms with Gasteiger partial charge in [-0.15, -0.1) is 0 Å². The number of nitrogens with zero attached hydrogens (tertiary/aromatic N) is 2. The molecule has 3 aromatic rings. The lowest BCUT2D eigenvalue weighted by Crippen LogP contribution is -1.97. The maximum absolute atomic E-state index is 11.3. The maximum Gasteiger partial charge on any atom is 0.294 e. The molecule has 7 heteroatoms. The SMILES string of the molecule is CC(C)c1cc(N=Nc2ccc3cc(S(=O)(=O)O)ccc3c2)cc(C(C)C)c1O. The fourth-order valence-corrected chi connectivity index (χ4v) is 3.67. The lowest BCUT2D eigenvalue weighted by Gasteiger charge is -2.15. The highest BCUT2D eigenvalue weighted by molar-refractivity contribution is 7.85. The Morgan fingerprint density at radius 1 is 0.759 bits per heavy atom. The molecule has 2 N–H and O–H groups in total. The first-order valence-electron chi connectivity index (χ1n) is 9.36. The zero-order valence-corrected chi connectivity index (χ0v) is 17.6. The van der Waals surface area contributed by atoms with Crippen LogP contribution in [0.5, 0.6) is 5.75 Å². The summed E-state index contributed by atoms with van der Waals surface area (Å²) >= 11 is 0. The second kappa shape index (κ2) is 7.93. The molecule has 3 rings (SSSR count). The molecule has 152 valence electrons. The van der Waals surface area contributed by atoms with Gasteiger partial charge in [-0.2, -0.15) is 18.6 Å². The Morgan fingerprint density at radius 2 is 1.28 bits per heavy atom. The van der Waals surface area contributed by atoms with Crippen molar-refractivity contribution in [1.29, 1.82) is 0 Å². The van der Waals surface area contributed by atoms with Gasteiger partial charge in [-0.25, -0.2) is 0 Å². The summed E-state index contributed by atoms with van der Waals surface area (Å²) in [5.41, 5.74) is 2.95. The summed E-state index contributed by atoms with van der Waals surface area (Å²) < 4.78 is 31.7. The first-order chi connectivity index (χ1) is 13.6. The van der Waals surface area contributed by atoms with Crippen molar-refractivity contribution in [3.05, 3.63) is 59.7 Å². The lowest BCUT2D eigenvalue weighted by molar-refractivity contribution is 0.454. The molecule has 3 aromatic carbocycles. The number of rotatable bonds is 5. The molecule has 0 saturated heterocycles. The van der Waals surface area contributed by atoms with Crippen LogP contribution in [0.4, 0.5) is 11.4 Å². The van der Waals surface area contributed by atoms with E-state index in [-0.39, 0.29) is 16.7 Å². The smallest absolute Gasteiger partial charge is 0.294 e. The van der Waals surface area contributed by atoms with Crippen molar-refractivity contribution in [2.45, 2.75) is 44.4 Å². The normalized spacial score (nSPS) is 12.5. The van der Waals surface area contributed by atoms with Gasteiger partial charge in [0.25, 0.3) is 10.1 Å². The first-order valence-corrected chi connectivity index (χ1v) is 10.8. The van der Waals surface area contributed by atoms with Crippen molar-refractivity contribution >= 4 is 32.3 Å². The summed E-state index contributed by atoms with van der Waals surface area (Å²) in [6.45, 7) is 8.07. The zero-order chi connectivity index (χ0) is 21.3. The van der Waals surface area contributed by atoms with E-state index >= 15 is 0 Å². The van der Waals surface area contributed by atoms with E-state index in [9.17, 15) is 18.1 Å². The van der Waals surface area contributed by atoms with Gasteiger partial charge in [0.2, 0.25) is 0 Å². The highest BCUT2D eigenvalue weighted by atomic mass is 32.2. The number of hydrogen-bond acceptors (Lipinski definition) is 5. The summed E-state index contributed by atoms with van der Waals surface area (Å²) in [7, 11) is -4.24. The molecular formula is C22H24N2O4S. The number of phenols is 1. The van der Waals surface area contributed by atoms with Gasteiger partial charge in [0.05, 0.1) is 16.3 Å². The third-order valence-corrected chi connectivity index (χ3v) is 5.62. The molecule has 0 radical (unpaired) electrons. The van der Waals surface area contributed by atoms with Crippen LogP contribution in [0.3, 0.4) is 0 Å². The Morgan fingerprint density at radius 3 is 1.83 bits per heavy atom. The Bertz CT molecular complexity index is 1170. The molecule has 0 amide bonds. The predicted molar refractivity (Wildman–Crippen MR) is 114 cm³/mol. The van der Waals surface area contributed by atoms with Crippen molar-refractivity contribution < 1.29 is 18.1 Å². The van der Waals surface area contributed by atoms with Crippen molar-refractivity contribution in [2.75, 3.05) is 0 Å².